The van der Waals surface area contributed by atoms with Gasteiger partial charge in [0.25, 0.3) is 5.91 Å². The fourth-order valence-electron chi connectivity index (χ4n) is 2.72. The summed E-state index contributed by atoms with van der Waals surface area (Å²) in [5, 5.41) is 14.3. The average molecular weight is 340 g/mol. The summed E-state index contributed by atoms with van der Waals surface area (Å²) in [6.07, 6.45) is 1.54. The number of hydrogen-bond acceptors (Lipinski definition) is 5. The summed E-state index contributed by atoms with van der Waals surface area (Å²) >= 11 is 0. The van der Waals surface area contributed by atoms with Crippen molar-refractivity contribution in [2.24, 2.45) is 0 Å². The molecule has 1 amide bonds. The van der Waals surface area contributed by atoms with Crippen molar-refractivity contribution >= 4 is 11.6 Å². The number of methoxy groups -OCH3 is 1. The number of aryl methyl sites for hydroxylation is 2. The summed E-state index contributed by atoms with van der Waals surface area (Å²) < 4.78 is 6.92. The van der Waals surface area contributed by atoms with Crippen LogP contribution in [0.15, 0.2) is 24.4 Å². The molecule has 0 saturated carbocycles. The van der Waals surface area contributed by atoms with E-state index in [0.717, 1.165) is 23.5 Å². The Morgan fingerprint density at radius 3 is 2.76 bits per heavy atom. The van der Waals surface area contributed by atoms with Crippen LogP contribution in [-0.4, -0.2) is 38.0 Å². The van der Waals surface area contributed by atoms with Crippen molar-refractivity contribution < 1.29 is 9.53 Å². The Hall–Kier alpha value is -3.16. The molecule has 3 aromatic rings. The lowest BCUT2D eigenvalue weighted by Crippen LogP contribution is -2.12. The molecule has 0 aliphatic rings. The van der Waals surface area contributed by atoms with Crippen LogP contribution in [0.4, 0.5) is 5.69 Å². The van der Waals surface area contributed by atoms with Crippen LogP contribution in [0, 0.1) is 13.8 Å². The number of H-pyrrole nitrogens is 1. The highest BCUT2D eigenvalue weighted by molar-refractivity contribution is 6.03. The second-order valence-electron chi connectivity index (χ2n) is 5.57. The number of rotatable bonds is 5. The molecule has 0 unspecified atom stereocenters. The SMILES string of the molecule is CCn1nc(C)c(-c2cc(C(=O)Nc3ccc(OC)nc3)[nH]n2)c1C. The second kappa shape index (κ2) is 6.76. The lowest BCUT2D eigenvalue weighted by Gasteiger charge is -2.03. The maximum absolute atomic E-state index is 12.4. The summed E-state index contributed by atoms with van der Waals surface area (Å²) in [4.78, 5) is 16.4. The van der Waals surface area contributed by atoms with Crippen LogP contribution >= 0.6 is 0 Å². The first-order valence-corrected chi connectivity index (χ1v) is 7.94. The summed E-state index contributed by atoms with van der Waals surface area (Å²) in [5.41, 5.74) is 4.51. The number of carbonyl (C=O) groups excluding carboxylic acids is 1. The van der Waals surface area contributed by atoms with Gasteiger partial charge in [0, 0.05) is 23.9 Å². The van der Waals surface area contributed by atoms with E-state index in [4.69, 9.17) is 4.74 Å². The molecule has 0 aliphatic heterocycles. The Morgan fingerprint density at radius 2 is 2.16 bits per heavy atom. The zero-order valence-electron chi connectivity index (χ0n) is 14.6. The fourth-order valence-corrected chi connectivity index (χ4v) is 2.72. The number of aromatic nitrogens is 5. The van der Waals surface area contributed by atoms with Gasteiger partial charge in [-0.3, -0.25) is 14.6 Å². The van der Waals surface area contributed by atoms with E-state index in [0.29, 0.717) is 23.0 Å². The van der Waals surface area contributed by atoms with E-state index >= 15 is 0 Å². The smallest absolute Gasteiger partial charge is 0.273 e. The first kappa shape index (κ1) is 16.7. The molecule has 0 atom stereocenters. The third-order valence-corrected chi connectivity index (χ3v) is 3.96. The minimum atomic E-state index is -0.288. The van der Waals surface area contributed by atoms with Crippen LogP contribution in [0.2, 0.25) is 0 Å². The summed E-state index contributed by atoms with van der Waals surface area (Å²) in [7, 11) is 1.54. The molecule has 0 radical (unpaired) electrons. The largest absolute Gasteiger partial charge is 0.481 e. The molecule has 3 rings (SSSR count). The minimum Gasteiger partial charge on any atom is -0.481 e. The molecule has 0 saturated heterocycles. The van der Waals surface area contributed by atoms with Crippen molar-refractivity contribution in [2.45, 2.75) is 27.3 Å². The number of ether oxygens (including phenoxy) is 1. The van der Waals surface area contributed by atoms with Gasteiger partial charge in [-0.25, -0.2) is 4.98 Å². The van der Waals surface area contributed by atoms with E-state index in [1.54, 1.807) is 18.2 Å². The van der Waals surface area contributed by atoms with E-state index in [2.05, 4.69) is 25.6 Å². The molecule has 8 nitrogen and oxygen atoms in total. The van der Waals surface area contributed by atoms with E-state index in [1.165, 1.54) is 13.3 Å². The molecule has 0 bridgehead atoms. The van der Waals surface area contributed by atoms with E-state index in [9.17, 15) is 4.79 Å². The van der Waals surface area contributed by atoms with Crippen molar-refractivity contribution in [3.63, 3.8) is 0 Å². The Bertz CT molecular complexity index is 895. The van der Waals surface area contributed by atoms with Crippen molar-refractivity contribution in [1.29, 1.82) is 0 Å². The number of aromatic amines is 1. The number of nitrogens with zero attached hydrogens (tertiary/aromatic N) is 4. The van der Waals surface area contributed by atoms with Crippen LogP contribution < -0.4 is 10.1 Å². The van der Waals surface area contributed by atoms with Gasteiger partial charge >= 0.3 is 0 Å². The van der Waals surface area contributed by atoms with E-state index < -0.39 is 0 Å². The highest BCUT2D eigenvalue weighted by atomic mass is 16.5. The lowest BCUT2D eigenvalue weighted by atomic mass is 10.1. The Balaban J connectivity index is 1.81. The van der Waals surface area contributed by atoms with Gasteiger partial charge in [-0.05, 0) is 32.9 Å². The fraction of sp³-hybridized carbons (Fsp3) is 0.294. The highest BCUT2D eigenvalue weighted by Gasteiger charge is 2.18. The highest BCUT2D eigenvalue weighted by Crippen LogP contribution is 2.26. The third kappa shape index (κ3) is 3.23. The molecule has 25 heavy (non-hydrogen) atoms. The monoisotopic (exact) mass is 340 g/mol. The van der Waals surface area contributed by atoms with Crippen LogP contribution in [0.3, 0.4) is 0 Å². The number of carbonyl (C=O) groups is 1. The molecule has 0 spiro atoms. The van der Waals surface area contributed by atoms with Gasteiger partial charge in [0.2, 0.25) is 5.88 Å². The molecule has 3 heterocycles. The standard InChI is InChI=1S/C17H20N6O2/c1-5-23-11(3)16(10(2)22-23)13-8-14(21-20-13)17(24)19-12-6-7-15(25-4)18-9-12/h6-9H,5H2,1-4H3,(H,19,24)(H,20,21). The predicted molar refractivity (Wildman–Crippen MR) is 93.7 cm³/mol. The van der Waals surface area contributed by atoms with Crippen LogP contribution in [0.1, 0.15) is 28.8 Å². The quantitative estimate of drug-likeness (QED) is 0.744. The molecule has 2 N–H and O–H groups in total. The minimum absolute atomic E-state index is 0.288. The third-order valence-electron chi connectivity index (χ3n) is 3.96. The molecule has 130 valence electrons. The van der Waals surface area contributed by atoms with Crippen molar-refractivity contribution in [2.75, 3.05) is 12.4 Å². The van der Waals surface area contributed by atoms with Gasteiger partial charge < -0.3 is 10.1 Å². The van der Waals surface area contributed by atoms with Crippen molar-refractivity contribution in [1.82, 2.24) is 25.0 Å². The molecule has 0 aromatic carbocycles. The average Bonchev–Trinajstić information content (AvgIpc) is 3.20. The van der Waals surface area contributed by atoms with Gasteiger partial charge in [0.1, 0.15) is 5.69 Å². The molecular formula is C17H20N6O2. The Morgan fingerprint density at radius 1 is 1.36 bits per heavy atom. The van der Waals surface area contributed by atoms with Crippen molar-refractivity contribution in [3.05, 3.63) is 41.5 Å². The van der Waals surface area contributed by atoms with Gasteiger partial charge in [-0.2, -0.15) is 10.2 Å². The maximum Gasteiger partial charge on any atom is 0.273 e. The lowest BCUT2D eigenvalue weighted by molar-refractivity contribution is 0.102. The van der Waals surface area contributed by atoms with Crippen molar-refractivity contribution in [3.8, 4) is 17.1 Å². The molecule has 8 heteroatoms. The molecule has 3 aromatic heterocycles. The maximum atomic E-state index is 12.4. The van der Waals surface area contributed by atoms with Gasteiger partial charge in [0.05, 0.1) is 30.4 Å². The summed E-state index contributed by atoms with van der Waals surface area (Å²) in [6.45, 7) is 6.76. The predicted octanol–water partition coefficient (Wildman–Crippen LogP) is 2.57. The van der Waals surface area contributed by atoms with Gasteiger partial charge in [-0.1, -0.05) is 0 Å². The second-order valence-corrected chi connectivity index (χ2v) is 5.57. The zero-order chi connectivity index (χ0) is 18.0. The zero-order valence-corrected chi connectivity index (χ0v) is 14.6. The normalized spacial score (nSPS) is 10.7. The number of hydrogen-bond donors (Lipinski definition) is 2. The van der Waals surface area contributed by atoms with Gasteiger partial charge in [-0.15, -0.1) is 0 Å². The number of amides is 1. The Kier molecular flexibility index (Phi) is 4.51. The molecular weight excluding hydrogens is 320 g/mol. The topological polar surface area (TPSA) is 97.7 Å². The van der Waals surface area contributed by atoms with Gasteiger partial charge in [0.15, 0.2) is 0 Å². The van der Waals surface area contributed by atoms with E-state index in [1.807, 2.05) is 25.5 Å². The Labute approximate surface area is 145 Å². The first-order chi connectivity index (χ1) is 12.0. The molecule has 0 fully saturated rings. The first-order valence-electron chi connectivity index (χ1n) is 7.94. The number of anilines is 1. The number of nitrogens with one attached hydrogen (secondary N) is 2. The van der Waals surface area contributed by atoms with E-state index in [-0.39, 0.29) is 5.91 Å². The summed E-state index contributed by atoms with van der Waals surface area (Å²) in [6, 6.07) is 5.13. The summed E-state index contributed by atoms with van der Waals surface area (Å²) in [5.74, 6) is 0.199. The molecule has 0 aliphatic carbocycles. The number of pyridine rings is 1. The van der Waals surface area contributed by atoms with Crippen LogP contribution in [0.5, 0.6) is 5.88 Å². The van der Waals surface area contributed by atoms with Crippen LogP contribution in [-0.2, 0) is 6.54 Å². The van der Waals surface area contributed by atoms with Crippen LogP contribution in [0.25, 0.3) is 11.3 Å².